The number of rotatable bonds is 7. The normalized spacial score (nSPS) is 13.0. The van der Waals surface area contributed by atoms with Crippen LogP contribution < -0.4 is 5.32 Å². The summed E-state index contributed by atoms with van der Waals surface area (Å²) in [4.78, 5) is 4.02. The van der Waals surface area contributed by atoms with Gasteiger partial charge in [-0.1, -0.05) is 0 Å². The van der Waals surface area contributed by atoms with Gasteiger partial charge < -0.3 is 10.1 Å². The summed E-state index contributed by atoms with van der Waals surface area (Å²) in [6.45, 7) is 4.95. The van der Waals surface area contributed by atoms with Gasteiger partial charge in [-0.3, -0.25) is 4.98 Å². The Morgan fingerprint density at radius 1 is 1.31 bits per heavy atom. The standard InChI is InChI=1S/C13H22N2O/c1-11(2)16-9-6-13(14-3)10-12-4-7-15-8-5-12/h4-5,7-8,11,13-14H,6,9-10H2,1-3H3. The van der Waals surface area contributed by atoms with Gasteiger partial charge >= 0.3 is 0 Å². The fourth-order valence-electron chi connectivity index (χ4n) is 1.60. The van der Waals surface area contributed by atoms with Crippen LogP contribution in [0.25, 0.3) is 0 Å². The molecule has 0 bridgehead atoms. The predicted octanol–water partition coefficient (Wildman–Crippen LogP) is 2.03. The lowest BCUT2D eigenvalue weighted by Gasteiger charge is -2.17. The fourth-order valence-corrected chi connectivity index (χ4v) is 1.60. The van der Waals surface area contributed by atoms with Crippen molar-refractivity contribution < 1.29 is 4.74 Å². The minimum Gasteiger partial charge on any atom is -0.379 e. The molecule has 0 aliphatic carbocycles. The second-order valence-electron chi connectivity index (χ2n) is 4.25. The minimum absolute atomic E-state index is 0.318. The Labute approximate surface area is 98.2 Å². The average molecular weight is 222 g/mol. The van der Waals surface area contributed by atoms with E-state index in [1.807, 2.05) is 19.4 Å². The van der Waals surface area contributed by atoms with Crippen molar-refractivity contribution in [3.05, 3.63) is 30.1 Å². The van der Waals surface area contributed by atoms with Gasteiger partial charge in [0.25, 0.3) is 0 Å². The predicted molar refractivity (Wildman–Crippen MR) is 66.5 cm³/mol. The molecule has 1 rings (SSSR count). The maximum atomic E-state index is 5.56. The summed E-state index contributed by atoms with van der Waals surface area (Å²) in [5.74, 6) is 0. The van der Waals surface area contributed by atoms with E-state index in [9.17, 15) is 0 Å². The van der Waals surface area contributed by atoms with Crippen molar-refractivity contribution in [1.82, 2.24) is 10.3 Å². The first-order valence-corrected chi connectivity index (χ1v) is 5.90. The van der Waals surface area contributed by atoms with E-state index in [2.05, 4.69) is 36.3 Å². The van der Waals surface area contributed by atoms with E-state index in [1.165, 1.54) is 5.56 Å². The summed E-state index contributed by atoms with van der Waals surface area (Å²) < 4.78 is 5.56. The van der Waals surface area contributed by atoms with Crippen LogP contribution in [0, 0.1) is 0 Å². The number of ether oxygens (including phenoxy) is 1. The number of hydrogen-bond donors (Lipinski definition) is 1. The van der Waals surface area contributed by atoms with E-state index in [0.29, 0.717) is 12.1 Å². The summed E-state index contributed by atoms with van der Waals surface area (Å²) in [6.07, 6.45) is 6.06. The van der Waals surface area contributed by atoms with Crippen LogP contribution in [-0.4, -0.2) is 30.8 Å². The van der Waals surface area contributed by atoms with Crippen LogP contribution >= 0.6 is 0 Å². The van der Waals surface area contributed by atoms with E-state index >= 15 is 0 Å². The summed E-state index contributed by atoms with van der Waals surface area (Å²) in [5.41, 5.74) is 1.32. The molecular weight excluding hydrogens is 200 g/mol. The highest BCUT2D eigenvalue weighted by Gasteiger charge is 2.07. The smallest absolute Gasteiger partial charge is 0.0518 e. The zero-order valence-corrected chi connectivity index (χ0v) is 10.4. The van der Waals surface area contributed by atoms with Gasteiger partial charge in [0, 0.05) is 25.0 Å². The molecule has 0 aliphatic rings. The Morgan fingerprint density at radius 2 is 2.00 bits per heavy atom. The van der Waals surface area contributed by atoms with Crippen molar-refractivity contribution in [3.8, 4) is 0 Å². The van der Waals surface area contributed by atoms with Crippen molar-refractivity contribution in [2.45, 2.75) is 38.8 Å². The van der Waals surface area contributed by atoms with E-state index in [-0.39, 0.29) is 0 Å². The van der Waals surface area contributed by atoms with Gasteiger partial charge in [0.15, 0.2) is 0 Å². The Morgan fingerprint density at radius 3 is 2.56 bits per heavy atom. The summed E-state index contributed by atoms with van der Waals surface area (Å²) in [6, 6.07) is 4.60. The number of pyridine rings is 1. The first kappa shape index (κ1) is 13.1. The molecule has 1 N–H and O–H groups in total. The SMILES string of the molecule is CNC(CCOC(C)C)Cc1ccncc1. The molecule has 1 aromatic rings. The molecule has 0 aromatic carbocycles. The minimum atomic E-state index is 0.318. The maximum Gasteiger partial charge on any atom is 0.0518 e. The van der Waals surface area contributed by atoms with Crippen molar-refractivity contribution in [1.29, 1.82) is 0 Å². The van der Waals surface area contributed by atoms with Gasteiger partial charge in [-0.2, -0.15) is 0 Å². The van der Waals surface area contributed by atoms with Crippen LogP contribution in [0.2, 0.25) is 0 Å². The second-order valence-corrected chi connectivity index (χ2v) is 4.25. The molecule has 0 aliphatic heterocycles. The average Bonchev–Trinajstić information content (AvgIpc) is 2.28. The molecule has 1 atom stereocenters. The third-order valence-electron chi connectivity index (χ3n) is 2.56. The van der Waals surface area contributed by atoms with E-state index in [1.54, 1.807) is 0 Å². The monoisotopic (exact) mass is 222 g/mol. The molecule has 0 amide bonds. The molecule has 3 heteroatoms. The molecule has 3 nitrogen and oxygen atoms in total. The number of likely N-dealkylation sites (N-methyl/N-ethyl adjacent to an activating group) is 1. The van der Waals surface area contributed by atoms with Crippen LogP contribution in [0.1, 0.15) is 25.8 Å². The fraction of sp³-hybridized carbons (Fsp3) is 0.615. The second kappa shape index (κ2) is 7.36. The number of hydrogen-bond acceptors (Lipinski definition) is 3. The first-order valence-electron chi connectivity index (χ1n) is 5.90. The molecule has 1 aromatic heterocycles. The van der Waals surface area contributed by atoms with E-state index in [0.717, 1.165) is 19.4 Å². The van der Waals surface area contributed by atoms with Gasteiger partial charge in [0.1, 0.15) is 0 Å². The van der Waals surface area contributed by atoms with Crippen LogP contribution in [0.5, 0.6) is 0 Å². The molecule has 1 unspecified atom stereocenters. The Balaban J connectivity index is 2.32. The molecule has 0 saturated heterocycles. The summed E-state index contributed by atoms with van der Waals surface area (Å²) >= 11 is 0. The van der Waals surface area contributed by atoms with Crippen molar-refractivity contribution in [2.24, 2.45) is 0 Å². The maximum absolute atomic E-state index is 5.56. The van der Waals surface area contributed by atoms with E-state index < -0.39 is 0 Å². The molecule has 16 heavy (non-hydrogen) atoms. The largest absolute Gasteiger partial charge is 0.379 e. The lowest BCUT2D eigenvalue weighted by atomic mass is 10.1. The van der Waals surface area contributed by atoms with E-state index in [4.69, 9.17) is 4.74 Å². The molecule has 0 saturated carbocycles. The molecule has 0 fully saturated rings. The number of nitrogens with zero attached hydrogens (tertiary/aromatic N) is 1. The van der Waals surface area contributed by atoms with Crippen LogP contribution in [0.4, 0.5) is 0 Å². The van der Waals surface area contributed by atoms with Gasteiger partial charge in [0.2, 0.25) is 0 Å². The summed E-state index contributed by atoms with van der Waals surface area (Å²) in [7, 11) is 2.00. The first-order chi connectivity index (χ1) is 7.72. The molecule has 90 valence electrons. The highest BCUT2D eigenvalue weighted by molar-refractivity contribution is 5.11. The molecular formula is C13H22N2O. The zero-order valence-electron chi connectivity index (χ0n) is 10.4. The van der Waals surface area contributed by atoms with Gasteiger partial charge in [-0.15, -0.1) is 0 Å². The lowest BCUT2D eigenvalue weighted by Crippen LogP contribution is -2.29. The third kappa shape index (κ3) is 5.24. The topological polar surface area (TPSA) is 34.1 Å². The number of aromatic nitrogens is 1. The van der Waals surface area contributed by atoms with Crippen LogP contribution in [-0.2, 0) is 11.2 Å². The van der Waals surface area contributed by atoms with Gasteiger partial charge in [0.05, 0.1) is 6.10 Å². The van der Waals surface area contributed by atoms with Crippen LogP contribution in [0.3, 0.4) is 0 Å². The van der Waals surface area contributed by atoms with Crippen molar-refractivity contribution in [2.75, 3.05) is 13.7 Å². The quantitative estimate of drug-likeness (QED) is 0.766. The van der Waals surface area contributed by atoms with Gasteiger partial charge in [-0.25, -0.2) is 0 Å². The Hall–Kier alpha value is -0.930. The summed E-state index contributed by atoms with van der Waals surface area (Å²) in [5, 5.41) is 3.32. The third-order valence-corrected chi connectivity index (χ3v) is 2.56. The Kier molecular flexibility index (Phi) is 6.04. The Bertz CT molecular complexity index is 275. The van der Waals surface area contributed by atoms with Crippen molar-refractivity contribution >= 4 is 0 Å². The van der Waals surface area contributed by atoms with Gasteiger partial charge in [-0.05, 0) is 51.4 Å². The van der Waals surface area contributed by atoms with Crippen molar-refractivity contribution in [3.63, 3.8) is 0 Å². The molecule has 0 spiro atoms. The lowest BCUT2D eigenvalue weighted by molar-refractivity contribution is 0.0720. The number of nitrogens with one attached hydrogen (secondary N) is 1. The highest BCUT2D eigenvalue weighted by atomic mass is 16.5. The highest BCUT2D eigenvalue weighted by Crippen LogP contribution is 2.05. The van der Waals surface area contributed by atoms with Crippen LogP contribution in [0.15, 0.2) is 24.5 Å². The molecule has 0 radical (unpaired) electrons. The molecule has 1 heterocycles. The zero-order chi connectivity index (χ0) is 11.8.